The minimum Gasteiger partial charge on any atom is -0.423 e. The van der Waals surface area contributed by atoms with Crippen molar-refractivity contribution in [1.29, 1.82) is 0 Å². The topological polar surface area (TPSA) is 65.4 Å². The third-order valence-corrected chi connectivity index (χ3v) is 2.94. The Morgan fingerprint density at radius 1 is 1.38 bits per heavy atom. The van der Waals surface area contributed by atoms with Crippen molar-refractivity contribution in [2.24, 2.45) is 0 Å². The second-order valence-electron chi connectivity index (χ2n) is 4.03. The van der Waals surface area contributed by atoms with Crippen LogP contribution in [0.15, 0.2) is 12.3 Å². The number of nitrogens with one attached hydrogen (secondary N) is 1. The third kappa shape index (κ3) is 2.40. The summed E-state index contributed by atoms with van der Waals surface area (Å²) in [4.78, 5) is 4.10. The van der Waals surface area contributed by atoms with E-state index in [1.165, 1.54) is 12.3 Å². The van der Waals surface area contributed by atoms with Crippen LogP contribution in [0, 0.1) is 5.82 Å². The van der Waals surface area contributed by atoms with Crippen molar-refractivity contribution in [3.63, 3.8) is 0 Å². The van der Waals surface area contributed by atoms with Crippen molar-refractivity contribution in [2.45, 2.75) is 18.8 Å². The van der Waals surface area contributed by atoms with E-state index in [-0.39, 0.29) is 11.4 Å². The van der Waals surface area contributed by atoms with E-state index < -0.39 is 12.9 Å². The van der Waals surface area contributed by atoms with E-state index in [2.05, 4.69) is 10.3 Å². The average Bonchev–Trinajstić information content (AvgIpc) is 2.29. The highest BCUT2D eigenvalue weighted by molar-refractivity contribution is 6.58. The molecular weight excluding hydrogens is 210 g/mol. The molecule has 0 aromatic carbocycles. The number of hydrogen-bond acceptors (Lipinski definition) is 4. The summed E-state index contributed by atoms with van der Waals surface area (Å²) < 4.78 is 13.5. The Kier molecular flexibility index (Phi) is 3.53. The van der Waals surface area contributed by atoms with Gasteiger partial charge >= 0.3 is 7.12 Å². The molecule has 0 bridgehead atoms. The number of aromatic nitrogens is 1. The molecule has 1 aromatic rings. The predicted molar refractivity (Wildman–Crippen MR) is 58.9 cm³/mol. The lowest BCUT2D eigenvalue weighted by atomic mass is 9.80. The molecule has 2 rings (SSSR count). The van der Waals surface area contributed by atoms with E-state index in [0.717, 1.165) is 25.9 Å². The Labute approximate surface area is 93.7 Å². The van der Waals surface area contributed by atoms with Gasteiger partial charge in [-0.3, -0.25) is 4.98 Å². The zero-order valence-corrected chi connectivity index (χ0v) is 8.86. The van der Waals surface area contributed by atoms with Crippen LogP contribution in [0.3, 0.4) is 0 Å². The lowest BCUT2D eigenvalue weighted by Crippen LogP contribution is -2.34. The van der Waals surface area contributed by atoms with E-state index >= 15 is 0 Å². The van der Waals surface area contributed by atoms with Crippen LogP contribution < -0.4 is 10.8 Å². The van der Waals surface area contributed by atoms with E-state index in [0.29, 0.717) is 5.69 Å². The molecule has 0 radical (unpaired) electrons. The first-order chi connectivity index (χ1) is 7.68. The van der Waals surface area contributed by atoms with Gasteiger partial charge in [-0.25, -0.2) is 4.39 Å². The molecule has 0 atom stereocenters. The Balaban J connectivity index is 2.19. The summed E-state index contributed by atoms with van der Waals surface area (Å²) in [5, 5.41) is 21.0. The fourth-order valence-electron chi connectivity index (χ4n) is 1.99. The molecule has 1 fully saturated rings. The zero-order valence-electron chi connectivity index (χ0n) is 8.86. The smallest absolute Gasteiger partial charge is 0.423 e. The second-order valence-corrected chi connectivity index (χ2v) is 4.03. The van der Waals surface area contributed by atoms with Crippen LogP contribution in [-0.2, 0) is 0 Å². The lowest BCUT2D eigenvalue weighted by molar-refractivity contribution is 0.421. The highest BCUT2D eigenvalue weighted by Gasteiger charge is 2.21. The van der Waals surface area contributed by atoms with Crippen molar-refractivity contribution >= 4 is 12.6 Å². The summed E-state index contributed by atoms with van der Waals surface area (Å²) in [6.07, 6.45) is 3.08. The van der Waals surface area contributed by atoms with Gasteiger partial charge in [0.1, 0.15) is 5.82 Å². The molecule has 1 saturated heterocycles. The number of nitrogens with zero attached hydrogens (tertiary/aromatic N) is 1. The Hall–Kier alpha value is -0.975. The molecule has 0 aliphatic carbocycles. The van der Waals surface area contributed by atoms with Gasteiger partial charge in [0, 0.05) is 23.3 Å². The summed E-state index contributed by atoms with van der Waals surface area (Å²) >= 11 is 0. The van der Waals surface area contributed by atoms with Crippen molar-refractivity contribution in [3.8, 4) is 0 Å². The van der Waals surface area contributed by atoms with Crippen LogP contribution >= 0.6 is 0 Å². The molecule has 1 aromatic heterocycles. The number of hydrogen-bond donors (Lipinski definition) is 3. The highest BCUT2D eigenvalue weighted by atomic mass is 19.1. The number of pyridine rings is 1. The van der Waals surface area contributed by atoms with Crippen LogP contribution in [-0.4, -0.2) is 35.2 Å². The maximum Gasteiger partial charge on any atom is 0.493 e. The third-order valence-electron chi connectivity index (χ3n) is 2.94. The summed E-state index contributed by atoms with van der Waals surface area (Å²) in [5.41, 5.74) is 0.529. The number of halogens is 1. The van der Waals surface area contributed by atoms with E-state index in [4.69, 9.17) is 10.0 Å². The van der Waals surface area contributed by atoms with Crippen molar-refractivity contribution in [2.75, 3.05) is 13.1 Å². The van der Waals surface area contributed by atoms with Crippen LogP contribution in [0.4, 0.5) is 4.39 Å². The van der Waals surface area contributed by atoms with Gasteiger partial charge in [-0.15, -0.1) is 0 Å². The first-order valence-corrected chi connectivity index (χ1v) is 5.40. The standard InChI is InChI=1S/C10H14BFN2O2/c12-9-5-10(7-1-3-13-4-2-7)14-6-8(9)11(15)16/h5-7,13,15-16H,1-4H2. The minimum absolute atomic E-state index is 0.169. The SMILES string of the molecule is OB(O)c1cnc(C2CCNCC2)cc1F. The Bertz CT molecular complexity index is 370. The molecule has 86 valence electrons. The van der Waals surface area contributed by atoms with E-state index in [9.17, 15) is 4.39 Å². The second kappa shape index (κ2) is 4.90. The molecule has 16 heavy (non-hydrogen) atoms. The molecule has 6 heteroatoms. The number of rotatable bonds is 2. The van der Waals surface area contributed by atoms with E-state index in [1.54, 1.807) is 0 Å². The molecule has 1 aliphatic heterocycles. The van der Waals surface area contributed by atoms with Gasteiger partial charge in [-0.2, -0.15) is 0 Å². The van der Waals surface area contributed by atoms with Gasteiger partial charge in [-0.1, -0.05) is 0 Å². The summed E-state index contributed by atoms with van der Waals surface area (Å²) in [6, 6.07) is 1.31. The van der Waals surface area contributed by atoms with Gasteiger partial charge < -0.3 is 15.4 Å². The van der Waals surface area contributed by atoms with Gasteiger partial charge in [-0.05, 0) is 32.0 Å². The minimum atomic E-state index is -1.80. The molecule has 0 amide bonds. The fourth-order valence-corrected chi connectivity index (χ4v) is 1.99. The highest BCUT2D eigenvalue weighted by Crippen LogP contribution is 2.23. The fraction of sp³-hybridized carbons (Fsp3) is 0.500. The Morgan fingerprint density at radius 2 is 2.06 bits per heavy atom. The molecule has 3 N–H and O–H groups in total. The van der Waals surface area contributed by atoms with Crippen LogP contribution in [0.25, 0.3) is 0 Å². The molecule has 2 heterocycles. The summed E-state index contributed by atoms with van der Waals surface area (Å²) in [7, 11) is -1.80. The maximum absolute atomic E-state index is 13.5. The lowest BCUT2D eigenvalue weighted by Gasteiger charge is -2.22. The first-order valence-electron chi connectivity index (χ1n) is 5.40. The monoisotopic (exact) mass is 224 g/mol. The number of piperidine rings is 1. The first kappa shape index (κ1) is 11.5. The Morgan fingerprint density at radius 3 is 2.62 bits per heavy atom. The largest absolute Gasteiger partial charge is 0.493 e. The molecule has 1 aliphatic rings. The molecular formula is C10H14BFN2O2. The van der Waals surface area contributed by atoms with E-state index in [1.807, 2.05) is 0 Å². The van der Waals surface area contributed by atoms with Gasteiger partial charge in [0.2, 0.25) is 0 Å². The molecule has 0 saturated carbocycles. The normalized spacial score (nSPS) is 17.4. The average molecular weight is 224 g/mol. The zero-order chi connectivity index (χ0) is 11.5. The van der Waals surface area contributed by atoms with Crippen LogP contribution in [0.1, 0.15) is 24.5 Å². The van der Waals surface area contributed by atoms with Gasteiger partial charge in [0.15, 0.2) is 0 Å². The quantitative estimate of drug-likeness (QED) is 0.585. The van der Waals surface area contributed by atoms with Gasteiger partial charge in [0.25, 0.3) is 0 Å². The summed E-state index contributed by atoms with van der Waals surface area (Å²) in [6.45, 7) is 1.83. The maximum atomic E-state index is 13.5. The van der Waals surface area contributed by atoms with Crippen LogP contribution in [0.2, 0.25) is 0 Å². The molecule has 0 unspecified atom stereocenters. The van der Waals surface area contributed by atoms with Crippen molar-refractivity contribution < 1.29 is 14.4 Å². The van der Waals surface area contributed by atoms with Crippen molar-refractivity contribution in [3.05, 3.63) is 23.8 Å². The molecule has 0 spiro atoms. The van der Waals surface area contributed by atoms with Crippen molar-refractivity contribution in [1.82, 2.24) is 10.3 Å². The molecule has 4 nitrogen and oxygen atoms in total. The van der Waals surface area contributed by atoms with Gasteiger partial charge in [0.05, 0.1) is 0 Å². The predicted octanol–water partition coefficient (Wildman–Crippen LogP) is -0.633. The van der Waals surface area contributed by atoms with Crippen LogP contribution in [0.5, 0.6) is 0 Å². The summed E-state index contributed by atoms with van der Waals surface area (Å²) in [5.74, 6) is -0.334.